The van der Waals surface area contributed by atoms with Gasteiger partial charge in [-0.1, -0.05) is 195 Å². The van der Waals surface area contributed by atoms with E-state index in [2.05, 4.69) is 268 Å². The summed E-state index contributed by atoms with van der Waals surface area (Å²) in [6.45, 7) is 9.14. The molecule has 16 rings (SSSR count). The highest BCUT2D eigenvalue weighted by molar-refractivity contribution is 7.25. The van der Waals surface area contributed by atoms with Crippen LogP contribution in [-0.4, -0.2) is 0 Å². The number of aryl methyl sites for hydroxylation is 2. The van der Waals surface area contributed by atoms with Gasteiger partial charge in [0.25, 0.3) is 0 Å². The van der Waals surface area contributed by atoms with Gasteiger partial charge in [-0.2, -0.15) is 0 Å². The van der Waals surface area contributed by atoms with Crippen LogP contribution in [0.5, 0.6) is 0 Å². The summed E-state index contributed by atoms with van der Waals surface area (Å²) in [6, 6.07) is 87.2. The number of rotatable bonds is 6. The fourth-order valence-electron chi connectivity index (χ4n) is 13.6. The van der Waals surface area contributed by atoms with E-state index in [1.54, 1.807) is 0 Å². The van der Waals surface area contributed by atoms with Gasteiger partial charge >= 0.3 is 0 Å². The normalized spacial score (nSPS) is 13.3. The Labute approximate surface area is 445 Å². The van der Waals surface area contributed by atoms with E-state index in [0.717, 1.165) is 17.1 Å². The van der Waals surface area contributed by atoms with Crippen LogP contribution in [0.4, 0.5) is 34.1 Å². The molecule has 0 saturated carbocycles. The summed E-state index contributed by atoms with van der Waals surface area (Å²) in [4.78, 5) is 5.04. The maximum atomic E-state index is 2.59. The van der Waals surface area contributed by atoms with Gasteiger partial charge in [-0.3, -0.25) is 0 Å². The molecule has 0 aliphatic carbocycles. The van der Waals surface area contributed by atoms with Gasteiger partial charge in [-0.15, -0.1) is 11.3 Å². The van der Waals surface area contributed by atoms with Gasteiger partial charge in [0.15, 0.2) is 0 Å². The number of benzene rings is 12. The van der Waals surface area contributed by atoms with Crippen LogP contribution >= 0.6 is 11.3 Å². The summed E-state index contributed by atoms with van der Waals surface area (Å²) in [6.07, 6.45) is 0. The van der Waals surface area contributed by atoms with Crippen molar-refractivity contribution >= 4 is 130 Å². The van der Waals surface area contributed by atoms with Crippen LogP contribution in [0.15, 0.2) is 231 Å². The number of fused-ring (bicyclic) bond motifs is 11. The first-order chi connectivity index (χ1) is 37.3. The number of hydrogen-bond donors (Lipinski definition) is 0. The third-order valence-electron chi connectivity index (χ3n) is 17.0. The molecule has 0 spiro atoms. The van der Waals surface area contributed by atoms with Gasteiger partial charge in [-0.05, 0) is 162 Å². The molecule has 1 aromatic heterocycles. The minimum atomic E-state index is -0.222. The summed E-state index contributed by atoms with van der Waals surface area (Å²) < 4.78 is 2.64. The molecule has 0 bridgehead atoms. The van der Waals surface area contributed by atoms with Crippen LogP contribution in [-0.2, 0) is 5.41 Å². The van der Waals surface area contributed by atoms with Gasteiger partial charge in [0.2, 0.25) is 0 Å². The summed E-state index contributed by atoms with van der Waals surface area (Å²) >= 11 is 1.90. The lowest BCUT2D eigenvalue weighted by Gasteiger charge is -2.42. The van der Waals surface area contributed by atoms with Crippen LogP contribution < -0.4 is 9.80 Å². The van der Waals surface area contributed by atoms with Gasteiger partial charge in [-0.25, -0.2) is 0 Å². The van der Waals surface area contributed by atoms with E-state index in [-0.39, 0.29) is 5.41 Å². The summed E-state index contributed by atoms with van der Waals surface area (Å²) in [5, 5.41) is 18.1. The maximum Gasteiger partial charge on any atom is 0.0540 e. The Morgan fingerprint density at radius 2 is 0.842 bits per heavy atom. The second-order valence-electron chi connectivity index (χ2n) is 21.7. The molecule has 0 fully saturated rings. The number of anilines is 6. The lowest BCUT2D eigenvalue weighted by molar-refractivity contribution is 0.633. The molecular weight excluding hydrogens is 937 g/mol. The third-order valence-corrected chi connectivity index (χ3v) is 18.2. The van der Waals surface area contributed by atoms with Crippen LogP contribution in [0.25, 0.3) is 107 Å². The Kier molecular flexibility index (Phi) is 9.13. The van der Waals surface area contributed by atoms with E-state index in [4.69, 9.17) is 0 Å². The fourth-order valence-corrected chi connectivity index (χ4v) is 14.7. The van der Waals surface area contributed by atoms with E-state index in [1.807, 2.05) is 11.3 Å². The van der Waals surface area contributed by atoms with E-state index >= 15 is 0 Å². The number of para-hydroxylation sites is 1. The molecule has 2 nitrogen and oxygen atoms in total. The van der Waals surface area contributed by atoms with E-state index < -0.39 is 0 Å². The maximum absolute atomic E-state index is 2.59. The van der Waals surface area contributed by atoms with Crippen LogP contribution in [0.1, 0.15) is 36.1 Å². The van der Waals surface area contributed by atoms with Crippen molar-refractivity contribution in [3.8, 4) is 22.3 Å². The van der Waals surface area contributed by atoms with Crippen LogP contribution in [0.2, 0.25) is 0 Å². The van der Waals surface area contributed by atoms with Crippen molar-refractivity contribution in [3.05, 3.63) is 253 Å². The van der Waals surface area contributed by atoms with Crippen LogP contribution in [0.3, 0.4) is 0 Å². The Hall–Kier alpha value is -9.02. The highest BCUT2D eigenvalue weighted by Gasteiger charge is 2.39. The Bertz CT molecular complexity index is 4700. The predicted octanol–water partition coefficient (Wildman–Crippen LogP) is 21.4. The van der Waals surface area contributed by atoms with Crippen molar-refractivity contribution in [3.63, 3.8) is 0 Å². The van der Waals surface area contributed by atoms with Gasteiger partial charge in [0.05, 0.1) is 22.7 Å². The molecule has 0 N–H and O–H groups in total. The predicted molar refractivity (Wildman–Crippen MR) is 329 cm³/mol. The van der Waals surface area contributed by atoms with Crippen LogP contribution in [0, 0.1) is 13.8 Å². The van der Waals surface area contributed by atoms with E-state index in [0.29, 0.717) is 0 Å². The standard InChI is InChI=1S/C73H50N2S/c1-43-29-33-47(34-30-43)74(48-35-31-44(2)32-36-48)59-39-37-54-67-50(59)22-15-24-52(67)69-65(45-17-7-5-8-18-45)72-55-38-40-60(51-23-16-25-53(68(51)55)70(72)66(71(54)69)46-19-9-6-10-20-46)75-61-27-13-12-26-57(61)73(3,4)58-41-56-49-21-11-14-28-63(49)76-64(56)42-62(58)75/h5-42H,1-4H3. The average molecular weight is 987 g/mol. The monoisotopic (exact) mass is 986 g/mol. The molecule has 1 aliphatic rings. The van der Waals surface area contributed by atoms with Crippen molar-refractivity contribution in [2.24, 2.45) is 0 Å². The lowest BCUT2D eigenvalue weighted by Crippen LogP contribution is -2.30. The molecule has 0 radical (unpaired) electrons. The van der Waals surface area contributed by atoms with Crippen molar-refractivity contribution < 1.29 is 0 Å². The highest BCUT2D eigenvalue weighted by Crippen LogP contribution is 2.60. The first kappa shape index (κ1) is 43.4. The molecule has 15 aromatic rings. The molecule has 14 aromatic carbocycles. The molecule has 0 unspecified atom stereocenters. The fraction of sp³-hybridized carbons (Fsp3) is 0.0685. The zero-order valence-electron chi connectivity index (χ0n) is 42.7. The Balaban J connectivity index is 1.04. The van der Waals surface area contributed by atoms with Crippen molar-refractivity contribution in [2.45, 2.75) is 33.1 Å². The molecule has 0 amide bonds. The number of hydrogen-bond acceptors (Lipinski definition) is 3. The largest absolute Gasteiger partial charge is 0.310 e. The second-order valence-corrected chi connectivity index (χ2v) is 22.7. The van der Waals surface area contributed by atoms with Gasteiger partial charge < -0.3 is 9.80 Å². The molecule has 358 valence electrons. The molecule has 0 atom stereocenters. The van der Waals surface area contributed by atoms with Gasteiger partial charge in [0.1, 0.15) is 0 Å². The minimum absolute atomic E-state index is 0.222. The van der Waals surface area contributed by atoms with Crippen molar-refractivity contribution in [2.75, 3.05) is 9.80 Å². The highest BCUT2D eigenvalue weighted by atomic mass is 32.1. The summed E-state index contributed by atoms with van der Waals surface area (Å²) in [5.74, 6) is 0. The topological polar surface area (TPSA) is 6.48 Å². The quantitative estimate of drug-likeness (QED) is 0.164. The number of thiophene rings is 1. The average Bonchev–Trinajstić information content (AvgIpc) is 4.29. The molecular formula is C73H50N2S. The smallest absolute Gasteiger partial charge is 0.0540 e. The molecule has 76 heavy (non-hydrogen) atoms. The number of nitrogens with zero attached hydrogens (tertiary/aromatic N) is 2. The zero-order chi connectivity index (χ0) is 50.6. The molecule has 1 aliphatic heterocycles. The van der Waals surface area contributed by atoms with E-state index in [9.17, 15) is 0 Å². The summed E-state index contributed by atoms with van der Waals surface area (Å²) in [7, 11) is 0. The SMILES string of the molecule is Cc1ccc(N(c2ccc(C)cc2)c2ccc3c4c(-c5ccccc5)c5c6cccc7c(N8c9ccccc9C(C)(C)c9cc%10c(cc98)sc8ccccc8%10)ccc(c5c(-c5ccccc5)c4c4cccc2c34)c76)cc1. The first-order valence-electron chi connectivity index (χ1n) is 26.6. The molecule has 2 heterocycles. The minimum Gasteiger partial charge on any atom is -0.310 e. The first-order valence-corrected chi connectivity index (χ1v) is 27.4. The molecule has 0 saturated heterocycles. The van der Waals surface area contributed by atoms with Gasteiger partial charge in [0, 0.05) is 47.7 Å². The Morgan fingerprint density at radius 1 is 0.342 bits per heavy atom. The summed E-state index contributed by atoms with van der Waals surface area (Å²) in [5.41, 5.74) is 17.1. The Morgan fingerprint density at radius 3 is 1.47 bits per heavy atom. The van der Waals surface area contributed by atoms with Crippen molar-refractivity contribution in [1.82, 2.24) is 0 Å². The van der Waals surface area contributed by atoms with Crippen molar-refractivity contribution in [1.29, 1.82) is 0 Å². The third kappa shape index (κ3) is 5.98. The van der Waals surface area contributed by atoms with E-state index in [1.165, 1.54) is 146 Å². The zero-order valence-corrected chi connectivity index (χ0v) is 43.6. The molecule has 3 heteroatoms. The lowest BCUT2D eigenvalue weighted by atomic mass is 9.73. The second kappa shape index (κ2) is 16.0.